The van der Waals surface area contributed by atoms with Crippen molar-refractivity contribution in [2.75, 3.05) is 0 Å². The number of ether oxygens (including phenoxy) is 2. The molecule has 3 rings (SSSR count). The van der Waals surface area contributed by atoms with Crippen molar-refractivity contribution in [2.24, 2.45) is 0 Å². The lowest BCUT2D eigenvalue weighted by molar-refractivity contribution is 0.0113. The second-order valence-corrected chi connectivity index (χ2v) is 6.27. The second-order valence-electron chi connectivity index (χ2n) is 5.55. The fourth-order valence-corrected chi connectivity index (χ4v) is 2.89. The topological polar surface area (TPSA) is 51.6 Å². The van der Waals surface area contributed by atoms with Gasteiger partial charge in [0.05, 0.1) is 17.3 Å². The summed E-state index contributed by atoms with van der Waals surface area (Å²) in [7, 11) is 0. The summed E-state index contributed by atoms with van der Waals surface area (Å²) < 4.78 is 11.6. The molecule has 1 atom stereocenters. The Morgan fingerprint density at radius 1 is 1.50 bits per heavy atom. The molecule has 2 aromatic rings. The van der Waals surface area contributed by atoms with Crippen LogP contribution in [0.2, 0.25) is 0 Å². The highest BCUT2D eigenvalue weighted by Crippen LogP contribution is 2.41. The molecular formula is C15H17NO3S. The number of fused-ring (bicyclic) bond motifs is 1. The van der Waals surface area contributed by atoms with Gasteiger partial charge in [0.2, 0.25) is 0 Å². The molecule has 0 saturated heterocycles. The first-order chi connectivity index (χ1) is 9.53. The maximum absolute atomic E-state index is 10.1. The number of aliphatic hydroxyl groups excluding tert-OH is 1. The molecule has 0 fully saturated rings. The standard InChI is InChI=1S/C15H17NO3S/c1-15(2)6-13(17)12-4-3-11(5-14(12)19-15)18-7-10-8-20-9-16-10/h3-5,8-9,13,17H,6-7H2,1-2H3. The first-order valence-electron chi connectivity index (χ1n) is 6.54. The van der Waals surface area contributed by atoms with Gasteiger partial charge in [-0.1, -0.05) is 0 Å². The van der Waals surface area contributed by atoms with Crippen molar-refractivity contribution in [2.45, 2.75) is 38.6 Å². The van der Waals surface area contributed by atoms with Crippen LogP contribution in [0.3, 0.4) is 0 Å². The molecule has 0 bridgehead atoms. The van der Waals surface area contributed by atoms with E-state index in [0.29, 0.717) is 18.8 Å². The number of hydrogen-bond donors (Lipinski definition) is 1. The number of nitrogens with zero attached hydrogens (tertiary/aromatic N) is 1. The van der Waals surface area contributed by atoms with Crippen LogP contribution < -0.4 is 9.47 Å². The molecule has 1 aromatic heterocycles. The molecule has 0 spiro atoms. The van der Waals surface area contributed by atoms with Crippen LogP contribution in [0.1, 0.15) is 37.6 Å². The van der Waals surface area contributed by atoms with Crippen LogP contribution in [0, 0.1) is 0 Å². The molecule has 0 saturated carbocycles. The van der Waals surface area contributed by atoms with Gasteiger partial charge in [0.1, 0.15) is 23.7 Å². The third kappa shape index (κ3) is 2.78. The van der Waals surface area contributed by atoms with Crippen molar-refractivity contribution in [3.63, 3.8) is 0 Å². The number of hydrogen-bond acceptors (Lipinski definition) is 5. The van der Waals surface area contributed by atoms with Gasteiger partial charge in [-0.2, -0.15) is 0 Å². The van der Waals surface area contributed by atoms with Crippen LogP contribution >= 0.6 is 11.3 Å². The number of aromatic nitrogens is 1. The fraction of sp³-hybridized carbons (Fsp3) is 0.400. The molecule has 5 heteroatoms. The van der Waals surface area contributed by atoms with Crippen molar-refractivity contribution < 1.29 is 14.6 Å². The Kier molecular flexibility index (Phi) is 3.40. The van der Waals surface area contributed by atoms with E-state index < -0.39 is 6.10 Å². The van der Waals surface area contributed by atoms with Crippen molar-refractivity contribution in [1.82, 2.24) is 4.98 Å². The first-order valence-corrected chi connectivity index (χ1v) is 7.49. The third-order valence-electron chi connectivity index (χ3n) is 3.29. The van der Waals surface area contributed by atoms with E-state index in [2.05, 4.69) is 4.98 Å². The quantitative estimate of drug-likeness (QED) is 0.942. The average molecular weight is 291 g/mol. The minimum Gasteiger partial charge on any atom is -0.487 e. The Labute approximate surface area is 122 Å². The van der Waals surface area contributed by atoms with Gasteiger partial charge >= 0.3 is 0 Å². The minimum atomic E-state index is -0.485. The molecule has 1 aliphatic heterocycles. The summed E-state index contributed by atoms with van der Waals surface area (Å²) in [5.74, 6) is 1.42. The molecule has 4 nitrogen and oxygen atoms in total. The van der Waals surface area contributed by atoms with Gasteiger partial charge in [-0.25, -0.2) is 4.98 Å². The summed E-state index contributed by atoms with van der Waals surface area (Å²) in [5, 5.41) is 12.1. The van der Waals surface area contributed by atoms with Crippen LogP contribution in [-0.4, -0.2) is 15.7 Å². The Hall–Kier alpha value is -1.59. The molecule has 1 aliphatic rings. The zero-order valence-electron chi connectivity index (χ0n) is 11.5. The number of benzene rings is 1. The smallest absolute Gasteiger partial charge is 0.131 e. The summed E-state index contributed by atoms with van der Waals surface area (Å²) in [6.07, 6.45) is 0.111. The third-order valence-corrected chi connectivity index (χ3v) is 3.92. The van der Waals surface area contributed by atoms with Crippen molar-refractivity contribution >= 4 is 11.3 Å². The van der Waals surface area contributed by atoms with Crippen LogP contribution in [0.4, 0.5) is 0 Å². The van der Waals surface area contributed by atoms with Gasteiger partial charge in [-0.15, -0.1) is 11.3 Å². The molecule has 0 amide bonds. The van der Waals surface area contributed by atoms with E-state index in [1.807, 2.05) is 37.4 Å². The van der Waals surface area contributed by atoms with Crippen LogP contribution in [-0.2, 0) is 6.61 Å². The van der Waals surface area contributed by atoms with Gasteiger partial charge in [0, 0.05) is 23.4 Å². The number of rotatable bonds is 3. The summed E-state index contributed by atoms with van der Waals surface area (Å²) >= 11 is 1.55. The molecule has 1 unspecified atom stereocenters. The summed E-state index contributed by atoms with van der Waals surface area (Å²) in [5.41, 5.74) is 3.16. The zero-order valence-corrected chi connectivity index (χ0v) is 12.3. The van der Waals surface area contributed by atoms with Crippen molar-refractivity contribution in [3.8, 4) is 11.5 Å². The highest BCUT2D eigenvalue weighted by molar-refractivity contribution is 7.07. The highest BCUT2D eigenvalue weighted by Gasteiger charge is 2.32. The lowest BCUT2D eigenvalue weighted by Crippen LogP contribution is -2.34. The molecular weight excluding hydrogens is 274 g/mol. The monoisotopic (exact) mass is 291 g/mol. The number of thiazole rings is 1. The second kappa shape index (κ2) is 5.07. The van der Waals surface area contributed by atoms with E-state index in [0.717, 1.165) is 17.0 Å². The molecule has 1 N–H and O–H groups in total. The van der Waals surface area contributed by atoms with E-state index in [9.17, 15) is 5.11 Å². The van der Waals surface area contributed by atoms with Gasteiger partial charge in [-0.05, 0) is 26.0 Å². The maximum Gasteiger partial charge on any atom is 0.131 e. The molecule has 20 heavy (non-hydrogen) atoms. The summed E-state index contributed by atoms with van der Waals surface area (Å²) in [6.45, 7) is 4.39. The van der Waals surface area contributed by atoms with Crippen molar-refractivity contribution in [1.29, 1.82) is 0 Å². The predicted molar refractivity (Wildman–Crippen MR) is 77.2 cm³/mol. The average Bonchev–Trinajstić information content (AvgIpc) is 2.87. The zero-order chi connectivity index (χ0) is 14.2. The fourth-order valence-electron chi connectivity index (χ4n) is 2.35. The SMILES string of the molecule is CC1(C)CC(O)c2ccc(OCc3cscn3)cc2O1. The van der Waals surface area contributed by atoms with Crippen molar-refractivity contribution in [3.05, 3.63) is 40.3 Å². The van der Waals surface area contributed by atoms with Gasteiger partial charge in [-0.3, -0.25) is 0 Å². The lowest BCUT2D eigenvalue weighted by atomic mass is 9.92. The molecule has 0 aliphatic carbocycles. The minimum absolute atomic E-state index is 0.361. The van der Waals surface area contributed by atoms with Gasteiger partial charge in [0.25, 0.3) is 0 Å². The van der Waals surface area contributed by atoms with E-state index in [4.69, 9.17) is 9.47 Å². The summed E-state index contributed by atoms with van der Waals surface area (Å²) in [4.78, 5) is 4.18. The number of aliphatic hydroxyl groups is 1. The first kappa shape index (κ1) is 13.4. The Bertz CT molecular complexity index is 595. The predicted octanol–water partition coefficient (Wildman–Crippen LogP) is 3.32. The van der Waals surface area contributed by atoms with E-state index in [-0.39, 0.29) is 5.60 Å². The normalized spacial score (nSPS) is 20.1. The van der Waals surface area contributed by atoms with Crippen LogP contribution in [0.15, 0.2) is 29.1 Å². The van der Waals surface area contributed by atoms with E-state index in [1.54, 1.807) is 16.8 Å². The Morgan fingerprint density at radius 2 is 2.35 bits per heavy atom. The molecule has 0 radical (unpaired) electrons. The summed E-state index contributed by atoms with van der Waals surface area (Å²) in [6, 6.07) is 5.56. The van der Waals surface area contributed by atoms with Crippen LogP contribution in [0.25, 0.3) is 0 Å². The molecule has 1 aromatic carbocycles. The Balaban J connectivity index is 1.78. The van der Waals surface area contributed by atoms with Gasteiger partial charge < -0.3 is 14.6 Å². The van der Waals surface area contributed by atoms with Gasteiger partial charge in [0.15, 0.2) is 0 Å². The largest absolute Gasteiger partial charge is 0.487 e. The highest BCUT2D eigenvalue weighted by atomic mass is 32.1. The maximum atomic E-state index is 10.1. The molecule has 106 valence electrons. The Morgan fingerprint density at radius 3 is 3.10 bits per heavy atom. The van der Waals surface area contributed by atoms with E-state index >= 15 is 0 Å². The van der Waals surface area contributed by atoms with E-state index in [1.165, 1.54) is 0 Å². The molecule has 2 heterocycles. The lowest BCUT2D eigenvalue weighted by Gasteiger charge is -2.35. The van der Waals surface area contributed by atoms with Crippen LogP contribution in [0.5, 0.6) is 11.5 Å².